The molecule has 0 heteroatoms. The molecule has 0 N–H and O–H groups in total. The highest BCUT2D eigenvalue weighted by Gasteiger charge is 2.36. The molecular formula is C14H26. The second-order valence-electron chi connectivity index (χ2n) is 5.54. The van der Waals surface area contributed by atoms with Crippen LogP contribution in [0.4, 0.5) is 0 Å². The van der Waals surface area contributed by atoms with Crippen LogP contribution in [0.25, 0.3) is 0 Å². The van der Waals surface area contributed by atoms with Crippen molar-refractivity contribution in [3.63, 3.8) is 0 Å². The van der Waals surface area contributed by atoms with E-state index in [2.05, 4.69) is 6.92 Å². The van der Waals surface area contributed by atoms with Gasteiger partial charge in [0.05, 0.1) is 0 Å². The molecule has 2 saturated carbocycles. The van der Waals surface area contributed by atoms with E-state index in [1.54, 1.807) is 32.1 Å². The standard InChI is InChI=1S/C14H26/c1-2-3-4-7-13-10-11-14(13)12-8-5-6-9-12/h12-14H,2-11H2,1H3. The third-order valence-corrected chi connectivity index (χ3v) is 4.66. The van der Waals surface area contributed by atoms with Crippen LogP contribution in [0.5, 0.6) is 0 Å². The minimum atomic E-state index is 1.14. The van der Waals surface area contributed by atoms with Crippen molar-refractivity contribution < 1.29 is 0 Å². The summed E-state index contributed by atoms with van der Waals surface area (Å²) in [6, 6.07) is 0. The van der Waals surface area contributed by atoms with E-state index in [-0.39, 0.29) is 0 Å². The third kappa shape index (κ3) is 2.32. The average Bonchev–Trinajstić information content (AvgIpc) is 2.63. The summed E-state index contributed by atoms with van der Waals surface area (Å²) in [5.41, 5.74) is 0. The Hall–Kier alpha value is 0. The molecule has 2 aliphatic rings. The Kier molecular flexibility index (Phi) is 3.89. The molecule has 0 aliphatic heterocycles. The molecular weight excluding hydrogens is 168 g/mol. The van der Waals surface area contributed by atoms with E-state index in [0.717, 1.165) is 17.8 Å². The molecule has 0 aromatic carbocycles. The van der Waals surface area contributed by atoms with E-state index in [0.29, 0.717) is 0 Å². The Bertz CT molecular complexity index is 155. The van der Waals surface area contributed by atoms with Crippen molar-refractivity contribution in [3.05, 3.63) is 0 Å². The normalized spacial score (nSPS) is 33.2. The largest absolute Gasteiger partial charge is 0.0654 e. The van der Waals surface area contributed by atoms with Crippen molar-refractivity contribution in [1.82, 2.24) is 0 Å². The van der Waals surface area contributed by atoms with Gasteiger partial charge in [-0.25, -0.2) is 0 Å². The molecule has 0 radical (unpaired) electrons. The molecule has 2 unspecified atom stereocenters. The lowest BCUT2D eigenvalue weighted by atomic mass is 9.65. The van der Waals surface area contributed by atoms with E-state index < -0.39 is 0 Å². The van der Waals surface area contributed by atoms with Crippen LogP contribution in [-0.2, 0) is 0 Å². The summed E-state index contributed by atoms with van der Waals surface area (Å²) in [6.45, 7) is 2.31. The van der Waals surface area contributed by atoms with Crippen molar-refractivity contribution in [2.75, 3.05) is 0 Å². The van der Waals surface area contributed by atoms with E-state index in [4.69, 9.17) is 0 Å². The summed E-state index contributed by atoms with van der Waals surface area (Å²) in [6.07, 6.45) is 15.2. The first-order valence-electron chi connectivity index (χ1n) is 6.92. The van der Waals surface area contributed by atoms with Crippen molar-refractivity contribution in [1.29, 1.82) is 0 Å². The van der Waals surface area contributed by atoms with Crippen molar-refractivity contribution in [3.8, 4) is 0 Å². The van der Waals surface area contributed by atoms with Crippen LogP contribution in [0, 0.1) is 17.8 Å². The molecule has 0 aromatic rings. The fourth-order valence-corrected chi connectivity index (χ4v) is 3.62. The van der Waals surface area contributed by atoms with Crippen molar-refractivity contribution in [2.45, 2.75) is 71.1 Å². The van der Waals surface area contributed by atoms with Gasteiger partial charge in [0.15, 0.2) is 0 Å². The van der Waals surface area contributed by atoms with Gasteiger partial charge in [0, 0.05) is 0 Å². The van der Waals surface area contributed by atoms with Gasteiger partial charge in [-0.15, -0.1) is 0 Å². The predicted octanol–water partition coefficient (Wildman–Crippen LogP) is 4.78. The molecule has 0 spiro atoms. The Balaban J connectivity index is 1.67. The Morgan fingerprint density at radius 3 is 2.29 bits per heavy atom. The van der Waals surface area contributed by atoms with Gasteiger partial charge in [-0.3, -0.25) is 0 Å². The van der Waals surface area contributed by atoms with Crippen LogP contribution in [0.15, 0.2) is 0 Å². The molecule has 0 aromatic heterocycles. The minimum absolute atomic E-state index is 1.14. The summed E-state index contributed by atoms with van der Waals surface area (Å²) in [5.74, 6) is 3.45. The molecule has 0 nitrogen and oxygen atoms in total. The van der Waals surface area contributed by atoms with E-state index in [1.165, 1.54) is 32.1 Å². The lowest BCUT2D eigenvalue weighted by molar-refractivity contribution is 0.0957. The molecule has 0 bridgehead atoms. The van der Waals surface area contributed by atoms with Crippen molar-refractivity contribution >= 4 is 0 Å². The van der Waals surface area contributed by atoms with E-state index in [9.17, 15) is 0 Å². The molecule has 2 atom stereocenters. The van der Waals surface area contributed by atoms with Gasteiger partial charge in [0.2, 0.25) is 0 Å². The zero-order chi connectivity index (χ0) is 9.80. The first-order chi connectivity index (χ1) is 6.92. The highest BCUT2D eigenvalue weighted by molar-refractivity contribution is 4.87. The van der Waals surface area contributed by atoms with Crippen LogP contribution < -0.4 is 0 Å². The van der Waals surface area contributed by atoms with Gasteiger partial charge < -0.3 is 0 Å². The summed E-state index contributed by atoms with van der Waals surface area (Å²) < 4.78 is 0. The molecule has 2 aliphatic carbocycles. The van der Waals surface area contributed by atoms with Crippen LogP contribution in [0.3, 0.4) is 0 Å². The van der Waals surface area contributed by atoms with Crippen LogP contribution in [0.1, 0.15) is 71.1 Å². The molecule has 2 fully saturated rings. The predicted molar refractivity (Wildman–Crippen MR) is 62.3 cm³/mol. The zero-order valence-corrected chi connectivity index (χ0v) is 9.80. The summed E-state index contributed by atoms with van der Waals surface area (Å²) >= 11 is 0. The van der Waals surface area contributed by atoms with Crippen LogP contribution >= 0.6 is 0 Å². The van der Waals surface area contributed by atoms with E-state index in [1.807, 2.05) is 0 Å². The van der Waals surface area contributed by atoms with Gasteiger partial charge in [-0.1, -0.05) is 58.3 Å². The molecule has 14 heavy (non-hydrogen) atoms. The monoisotopic (exact) mass is 194 g/mol. The fraction of sp³-hybridized carbons (Fsp3) is 1.00. The maximum Gasteiger partial charge on any atom is -0.0357 e. The van der Waals surface area contributed by atoms with Gasteiger partial charge in [0.1, 0.15) is 0 Å². The minimum Gasteiger partial charge on any atom is -0.0654 e. The second-order valence-corrected chi connectivity index (χ2v) is 5.54. The number of unbranched alkanes of at least 4 members (excludes halogenated alkanes) is 2. The Morgan fingerprint density at radius 2 is 1.71 bits per heavy atom. The number of rotatable bonds is 5. The smallest absolute Gasteiger partial charge is 0.0357 e. The molecule has 2 rings (SSSR count). The third-order valence-electron chi connectivity index (χ3n) is 4.66. The zero-order valence-electron chi connectivity index (χ0n) is 9.80. The lowest BCUT2D eigenvalue weighted by Gasteiger charge is -2.41. The molecule has 82 valence electrons. The van der Waals surface area contributed by atoms with Crippen molar-refractivity contribution in [2.24, 2.45) is 17.8 Å². The van der Waals surface area contributed by atoms with Gasteiger partial charge in [-0.2, -0.15) is 0 Å². The summed E-state index contributed by atoms with van der Waals surface area (Å²) in [4.78, 5) is 0. The highest BCUT2D eigenvalue weighted by Crippen LogP contribution is 2.47. The first-order valence-corrected chi connectivity index (χ1v) is 6.92. The van der Waals surface area contributed by atoms with Crippen LogP contribution in [0.2, 0.25) is 0 Å². The lowest BCUT2D eigenvalue weighted by Crippen LogP contribution is -2.31. The fourth-order valence-electron chi connectivity index (χ4n) is 3.62. The number of hydrogen-bond acceptors (Lipinski definition) is 0. The van der Waals surface area contributed by atoms with Gasteiger partial charge in [-0.05, 0) is 30.6 Å². The highest BCUT2D eigenvalue weighted by atomic mass is 14.4. The SMILES string of the molecule is CCCCCC1CCC1C1CCCC1. The quantitative estimate of drug-likeness (QED) is 0.552. The van der Waals surface area contributed by atoms with E-state index >= 15 is 0 Å². The maximum absolute atomic E-state index is 2.31. The topological polar surface area (TPSA) is 0 Å². The number of hydrogen-bond donors (Lipinski definition) is 0. The van der Waals surface area contributed by atoms with Gasteiger partial charge >= 0.3 is 0 Å². The Morgan fingerprint density at radius 1 is 0.929 bits per heavy atom. The maximum atomic E-state index is 2.31. The second kappa shape index (κ2) is 5.19. The molecule has 0 heterocycles. The van der Waals surface area contributed by atoms with Gasteiger partial charge in [0.25, 0.3) is 0 Å². The molecule has 0 amide bonds. The average molecular weight is 194 g/mol. The van der Waals surface area contributed by atoms with Crippen LogP contribution in [-0.4, -0.2) is 0 Å². The summed E-state index contributed by atoms with van der Waals surface area (Å²) in [5, 5.41) is 0. The Labute approximate surface area is 89.5 Å². The first kappa shape index (κ1) is 10.5. The summed E-state index contributed by atoms with van der Waals surface area (Å²) in [7, 11) is 0. The molecule has 0 saturated heterocycles.